The van der Waals surface area contributed by atoms with Gasteiger partial charge in [0.15, 0.2) is 10.9 Å². The first-order chi connectivity index (χ1) is 14.1. The lowest BCUT2D eigenvalue weighted by atomic mass is 10.1. The van der Waals surface area contributed by atoms with Gasteiger partial charge in [-0.25, -0.2) is 4.98 Å². The van der Waals surface area contributed by atoms with Crippen LogP contribution in [0, 0.1) is 6.92 Å². The van der Waals surface area contributed by atoms with Crippen molar-refractivity contribution in [3.8, 4) is 5.69 Å². The molecule has 0 saturated carbocycles. The Morgan fingerprint density at radius 3 is 2.34 bits per heavy atom. The predicted molar refractivity (Wildman–Crippen MR) is 118 cm³/mol. The third-order valence-electron chi connectivity index (χ3n) is 4.81. The van der Waals surface area contributed by atoms with Gasteiger partial charge >= 0.3 is 0 Å². The number of hydrogen-bond donors (Lipinski definition) is 0. The van der Waals surface area contributed by atoms with Crippen molar-refractivity contribution in [2.24, 2.45) is 0 Å². The molecule has 5 heteroatoms. The molecule has 0 aliphatic carbocycles. The summed E-state index contributed by atoms with van der Waals surface area (Å²) in [5.74, 6) is 0.00865. The lowest BCUT2D eigenvalue weighted by Gasteiger charge is -2.17. The maximum Gasteiger partial charge on any atom is 0.266 e. The number of aryl methyl sites for hydroxylation is 1. The van der Waals surface area contributed by atoms with Gasteiger partial charge in [0.2, 0.25) is 0 Å². The van der Waals surface area contributed by atoms with Crippen molar-refractivity contribution in [3.63, 3.8) is 0 Å². The summed E-state index contributed by atoms with van der Waals surface area (Å²) in [7, 11) is 0. The molecule has 29 heavy (non-hydrogen) atoms. The van der Waals surface area contributed by atoms with E-state index in [0.29, 0.717) is 21.6 Å². The topological polar surface area (TPSA) is 52.0 Å². The van der Waals surface area contributed by atoms with Crippen LogP contribution in [0.2, 0.25) is 0 Å². The van der Waals surface area contributed by atoms with Gasteiger partial charge in [-0.05, 0) is 37.6 Å². The van der Waals surface area contributed by atoms with Gasteiger partial charge in [-0.15, -0.1) is 0 Å². The first-order valence-corrected chi connectivity index (χ1v) is 10.3. The minimum Gasteiger partial charge on any atom is -0.293 e. The van der Waals surface area contributed by atoms with Gasteiger partial charge in [-0.3, -0.25) is 14.2 Å². The van der Waals surface area contributed by atoms with E-state index in [-0.39, 0.29) is 16.6 Å². The molecule has 1 aromatic heterocycles. The van der Waals surface area contributed by atoms with E-state index in [1.807, 2.05) is 86.6 Å². The molecule has 0 bridgehead atoms. The molecule has 1 unspecified atom stereocenters. The van der Waals surface area contributed by atoms with Crippen LogP contribution in [0.1, 0.15) is 22.8 Å². The number of fused-ring (bicyclic) bond motifs is 1. The third kappa shape index (κ3) is 3.74. The van der Waals surface area contributed by atoms with Gasteiger partial charge < -0.3 is 0 Å². The number of aromatic nitrogens is 2. The smallest absolute Gasteiger partial charge is 0.266 e. The fourth-order valence-corrected chi connectivity index (χ4v) is 4.26. The highest BCUT2D eigenvalue weighted by Gasteiger charge is 2.21. The molecule has 4 rings (SSSR count). The molecule has 0 spiro atoms. The van der Waals surface area contributed by atoms with E-state index in [1.54, 1.807) is 10.6 Å². The Morgan fingerprint density at radius 2 is 1.59 bits per heavy atom. The average molecular weight is 401 g/mol. The zero-order chi connectivity index (χ0) is 20.4. The SMILES string of the molecule is Cc1ccccc1-n1c(SC(C)C(=O)c2ccccc2)nc2ccccc2c1=O. The molecule has 1 atom stereocenters. The fourth-order valence-electron chi connectivity index (χ4n) is 3.27. The monoisotopic (exact) mass is 400 g/mol. The standard InChI is InChI=1S/C24H20N2O2S/c1-16-10-6-9-15-21(16)26-23(28)19-13-7-8-14-20(19)25-24(26)29-17(2)22(27)18-11-4-3-5-12-18/h3-15,17H,1-2H3. The van der Waals surface area contributed by atoms with Crippen LogP contribution in [0.25, 0.3) is 16.6 Å². The summed E-state index contributed by atoms with van der Waals surface area (Å²) < 4.78 is 1.62. The summed E-state index contributed by atoms with van der Waals surface area (Å²) in [5, 5.41) is 0.683. The van der Waals surface area contributed by atoms with Crippen LogP contribution in [-0.2, 0) is 0 Å². The summed E-state index contributed by atoms with van der Waals surface area (Å²) >= 11 is 1.31. The van der Waals surface area contributed by atoms with Crippen molar-refractivity contribution in [3.05, 3.63) is 100 Å². The Kier molecular flexibility index (Phi) is 5.32. The molecular formula is C24H20N2O2S. The molecule has 3 aromatic carbocycles. The fraction of sp³-hybridized carbons (Fsp3) is 0.125. The first kappa shape index (κ1) is 19.2. The maximum absolute atomic E-state index is 13.3. The van der Waals surface area contributed by atoms with E-state index in [1.165, 1.54) is 11.8 Å². The largest absolute Gasteiger partial charge is 0.293 e. The van der Waals surface area contributed by atoms with Crippen molar-refractivity contribution in [2.45, 2.75) is 24.3 Å². The number of nitrogens with zero attached hydrogens (tertiary/aromatic N) is 2. The molecule has 0 amide bonds. The molecule has 4 aromatic rings. The highest BCUT2D eigenvalue weighted by atomic mass is 32.2. The van der Waals surface area contributed by atoms with E-state index in [4.69, 9.17) is 4.98 Å². The van der Waals surface area contributed by atoms with E-state index < -0.39 is 0 Å². The maximum atomic E-state index is 13.3. The molecule has 144 valence electrons. The van der Waals surface area contributed by atoms with Crippen LogP contribution >= 0.6 is 11.8 Å². The number of thioether (sulfide) groups is 1. The molecule has 4 nitrogen and oxygen atoms in total. The molecule has 1 heterocycles. The van der Waals surface area contributed by atoms with E-state index in [9.17, 15) is 9.59 Å². The molecule has 0 fully saturated rings. The van der Waals surface area contributed by atoms with Crippen molar-refractivity contribution in [2.75, 3.05) is 0 Å². The zero-order valence-electron chi connectivity index (χ0n) is 16.2. The van der Waals surface area contributed by atoms with Crippen LogP contribution < -0.4 is 5.56 Å². The highest BCUT2D eigenvalue weighted by molar-refractivity contribution is 8.00. The minimum absolute atomic E-state index is 0.00865. The molecule has 0 aliphatic rings. The van der Waals surface area contributed by atoms with Crippen LogP contribution in [0.5, 0.6) is 0 Å². The molecule has 0 radical (unpaired) electrons. The summed E-state index contributed by atoms with van der Waals surface area (Å²) in [6.45, 7) is 3.81. The van der Waals surface area contributed by atoms with Crippen molar-refractivity contribution in [1.29, 1.82) is 0 Å². The van der Waals surface area contributed by atoms with Crippen LogP contribution in [-0.4, -0.2) is 20.6 Å². The Balaban J connectivity index is 1.85. The average Bonchev–Trinajstić information content (AvgIpc) is 2.75. The minimum atomic E-state index is -0.388. The number of para-hydroxylation sites is 2. The lowest BCUT2D eigenvalue weighted by Crippen LogP contribution is -2.24. The Bertz CT molecular complexity index is 1250. The van der Waals surface area contributed by atoms with Crippen molar-refractivity contribution >= 4 is 28.4 Å². The predicted octanol–water partition coefficient (Wildman–Crippen LogP) is 5.06. The second-order valence-corrected chi connectivity index (χ2v) is 8.14. The summed E-state index contributed by atoms with van der Waals surface area (Å²) in [6, 6.07) is 24.2. The number of rotatable bonds is 5. The number of carbonyl (C=O) groups excluding carboxylic acids is 1. The number of benzene rings is 3. The summed E-state index contributed by atoms with van der Waals surface area (Å²) in [5.41, 5.74) is 2.89. The second kappa shape index (κ2) is 8.05. The van der Waals surface area contributed by atoms with Gasteiger partial charge in [0.05, 0.1) is 21.8 Å². The van der Waals surface area contributed by atoms with Crippen molar-refractivity contribution < 1.29 is 4.79 Å². The van der Waals surface area contributed by atoms with E-state index >= 15 is 0 Å². The van der Waals surface area contributed by atoms with Crippen LogP contribution in [0.3, 0.4) is 0 Å². The first-order valence-electron chi connectivity index (χ1n) is 9.40. The molecule has 0 aliphatic heterocycles. The number of ketones is 1. The molecule has 0 saturated heterocycles. The van der Waals surface area contributed by atoms with Gasteiger partial charge in [0.25, 0.3) is 5.56 Å². The third-order valence-corrected chi connectivity index (χ3v) is 5.86. The Hall–Kier alpha value is -3.18. The molecular weight excluding hydrogens is 380 g/mol. The second-order valence-electron chi connectivity index (χ2n) is 6.83. The normalized spacial score (nSPS) is 12.1. The Morgan fingerprint density at radius 1 is 0.931 bits per heavy atom. The molecule has 0 N–H and O–H groups in total. The van der Waals surface area contributed by atoms with Crippen molar-refractivity contribution in [1.82, 2.24) is 9.55 Å². The highest BCUT2D eigenvalue weighted by Crippen LogP contribution is 2.27. The summed E-state index contributed by atoms with van der Waals surface area (Å²) in [4.78, 5) is 31.0. The summed E-state index contributed by atoms with van der Waals surface area (Å²) in [6.07, 6.45) is 0. The Labute approximate surface area is 173 Å². The van der Waals surface area contributed by atoms with Gasteiger partial charge in [0.1, 0.15) is 0 Å². The van der Waals surface area contributed by atoms with Gasteiger partial charge in [-0.2, -0.15) is 0 Å². The van der Waals surface area contributed by atoms with E-state index in [0.717, 1.165) is 11.3 Å². The van der Waals surface area contributed by atoms with Gasteiger partial charge in [0, 0.05) is 5.56 Å². The number of carbonyl (C=O) groups is 1. The van der Waals surface area contributed by atoms with E-state index in [2.05, 4.69) is 0 Å². The number of hydrogen-bond acceptors (Lipinski definition) is 4. The van der Waals surface area contributed by atoms with Crippen LogP contribution in [0.15, 0.2) is 88.8 Å². The van der Waals surface area contributed by atoms with Gasteiger partial charge in [-0.1, -0.05) is 72.4 Å². The number of Topliss-reactive ketones (excluding diaryl/α,β-unsaturated/α-hetero) is 1. The van der Waals surface area contributed by atoms with Crippen LogP contribution in [0.4, 0.5) is 0 Å². The zero-order valence-corrected chi connectivity index (χ0v) is 17.0. The lowest BCUT2D eigenvalue weighted by molar-refractivity contribution is 0.0994. The quantitative estimate of drug-likeness (QED) is 0.267.